The van der Waals surface area contributed by atoms with E-state index < -0.39 is 17.5 Å². The van der Waals surface area contributed by atoms with Gasteiger partial charge in [-0.1, -0.05) is 0 Å². The number of carboxylic acids is 1. The molecule has 104 valence electrons. The quantitative estimate of drug-likeness (QED) is 0.869. The number of aryl methyl sites for hydroxylation is 1. The Morgan fingerprint density at radius 2 is 2.16 bits per heavy atom. The topological polar surface area (TPSA) is 82.8 Å². The van der Waals surface area contributed by atoms with E-state index in [1.54, 1.807) is 13.1 Å². The van der Waals surface area contributed by atoms with Crippen LogP contribution in [0.3, 0.4) is 0 Å². The fraction of sp³-hybridized carbons (Fsp3) is 0.538. The summed E-state index contributed by atoms with van der Waals surface area (Å²) in [6.45, 7) is 2.15. The van der Waals surface area contributed by atoms with Crippen LogP contribution in [0.25, 0.3) is 0 Å². The zero-order valence-electron chi connectivity index (χ0n) is 11.1. The van der Waals surface area contributed by atoms with Crippen molar-refractivity contribution in [1.29, 1.82) is 0 Å². The molecule has 6 nitrogen and oxygen atoms in total. The number of urea groups is 1. The number of furan rings is 1. The number of hydrogen-bond donors (Lipinski definition) is 2. The molecule has 0 unspecified atom stereocenters. The Morgan fingerprint density at radius 3 is 2.58 bits per heavy atom. The van der Waals surface area contributed by atoms with Crippen molar-refractivity contribution >= 4 is 12.0 Å². The van der Waals surface area contributed by atoms with Gasteiger partial charge in [-0.05, 0) is 38.3 Å². The first kappa shape index (κ1) is 13.5. The lowest BCUT2D eigenvalue weighted by Crippen LogP contribution is -2.61. The van der Waals surface area contributed by atoms with Gasteiger partial charge in [0, 0.05) is 7.05 Å². The van der Waals surface area contributed by atoms with Crippen molar-refractivity contribution in [3.63, 3.8) is 0 Å². The van der Waals surface area contributed by atoms with Crippen LogP contribution in [0.4, 0.5) is 4.79 Å². The summed E-state index contributed by atoms with van der Waals surface area (Å²) < 4.78 is 5.38. The van der Waals surface area contributed by atoms with Gasteiger partial charge >= 0.3 is 12.0 Å². The van der Waals surface area contributed by atoms with Gasteiger partial charge in [0.1, 0.15) is 17.1 Å². The van der Waals surface area contributed by atoms with E-state index in [1.807, 2.05) is 13.0 Å². The van der Waals surface area contributed by atoms with Crippen LogP contribution in [0.2, 0.25) is 0 Å². The van der Waals surface area contributed by atoms with Crippen molar-refractivity contribution in [2.75, 3.05) is 7.05 Å². The zero-order chi connectivity index (χ0) is 14.0. The molecule has 1 aromatic rings. The number of amides is 2. The van der Waals surface area contributed by atoms with Crippen LogP contribution < -0.4 is 5.32 Å². The Kier molecular flexibility index (Phi) is 3.50. The smallest absolute Gasteiger partial charge is 0.329 e. The third kappa shape index (κ3) is 2.72. The van der Waals surface area contributed by atoms with Gasteiger partial charge in [0.2, 0.25) is 0 Å². The highest BCUT2D eigenvalue weighted by atomic mass is 16.4. The maximum atomic E-state index is 12.0. The van der Waals surface area contributed by atoms with Crippen LogP contribution in [0, 0.1) is 6.92 Å². The van der Waals surface area contributed by atoms with Crippen molar-refractivity contribution in [1.82, 2.24) is 10.2 Å². The average molecular weight is 266 g/mol. The van der Waals surface area contributed by atoms with Gasteiger partial charge < -0.3 is 19.7 Å². The van der Waals surface area contributed by atoms with Crippen LogP contribution in [0.1, 0.15) is 30.8 Å². The number of carbonyl (C=O) groups is 2. The van der Waals surface area contributed by atoms with Crippen LogP contribution in [-0.2, 0) is 11.3 Å². The lowest BCUT2D eigenvalue weighted by Gasteiger charge is -2.39. The van der Waals surface area contributed by atoms with Gasteiger partial charge in [0.15, 0.2) is 0 Å². The normalized spacial score (nSPS) is 16.5. The summed E-state index contributed by atoms with van der Waals surface area (Å²) in [5, 5.41) is 11.8. The molecule has 0 aromatic carbocycles. The molecule has 0 saturated heterocycles. The molecule has 1 aliphatic rings. The number of carboxylic acid groups (broad SMARTS) is 1. The highest BCUT2D eigenvalue weighted by molar-refractivity contribution is 5.87. The number of nitrogens with one attached hydrogen (secondary N) is 1. The fourth-order valence-electron chi connectivity index (χ4n) is 2.10. The van der Waals surface area contributed by atoms with Gasteiger partial charge in [-0.25, -0.2) is 9.59 Å². The molecule has 1 heterocycles. The average Bonchev–Trinajstić information content (AvgIpc) is 2.68. The standard InChI is InChI=1S/C13H18N2O4/c1-9-4-5-10(19-9)8-15(2)12(18)14-13(11(16)17)6-3-7-13/h4-5H,3,6-8H2,1-2H3,(H,14,18)(H,16,17). The molecule has 6 heteroatoms. The minimum atomic E-state index is -1.08. The summed E-state index contributed by atoms with van der Waals surface area (Å²) in [4.78, 5) is 24.6. The maximum Gasteiger partial charge on any atom is 0.329 e. The highest BCUT2D eigenvalue weighted by Crippen LogP contribution is 2.32. The fourth-order valence-corrected chi connectivity index (χ4v) is 2.10. The van der Waals surface area contributed by atoms with E-state index in [0.29, 0.717) is 25.1 Å². The molecule has 1 aromatic heterocycles. The van der Waals surface area contributed by atoms with Crippen molar-refractivity contribution in [3.8, 4) is 0 Å². The SMILES string of the molecule is Cc1ccc(CN(C)C(=O)NC2(C(=O)O)CCC2)o1. The lowest BCUT2D eigenvalue weighted by atomic mass is 9.77. The van der Waals surface area contributed by atoms with E-state index in [4.69, 9.17) is 9.52 Å². The summed E-state index contributed by atoms with van der Waals surface area (Å²) in [7, 11) is 1.61. The Morgan fingerprint density at radius 1 is 1.47 bits per heavy atom. The minimum Gasteiger partial charge on any atom is -0.480 e. The molecular formula is C13H18N2O4. The largest absolute Gasteiger partial charge is 0.480 e. The Labute approximate surface area is 111 Å². The second-order valence-corrected chi connectivity index (χ2v) is 5.04. The monoisotopic (exact) mass is 266 g/mol. The molecule has 1 saturated carbocycles. The summed E-state index contributed by atoms with van der Waals surface area (Å²) in [5.74, 6) is 0.493. The minimum absolute atomic E-state index is 0.315. The Hall–Kier alpha value is -1.98. The third-order valence-corrected chi connectivity index (χ3v) is 3.50. The van der Waals surface area contributed by atoms with E-state index >= 15 is 0 Å². The third-order valence-electron chi connectivity index (χ3n) is 3.50. The summed E-state index contributed by atoms with van der Waals surface area (Å²) in [6, 6.07) is 3.23. The molecule has 0 bridgehead atoms. The first-order valence-electron chi connectivity index (χ1n) is 6.25. The van der Waals surface area contributed by atoms with Gasteiger partial charge in [0.05, 0.1) is 6.54 Å². The lowest BCUT2D eigenvalue weighted by molar-refractivity contribution is -0.148. The zero-order valence-corrected chi connectivity index (χ0v) is 11.1. The summed E-state index contributed by atoms with van der Waals surface area (Å²) >= 11 is 0. The molecule has 2 rings (SSSR count). The van der Waals surface area contributed by atoms with Crippen LogP contribution >= 0.6 is 0 Å². The molecule has 19 heavy (non-hydrogen) atoms. The molecule has 1 aliphatic carbocycles. The number of aliphatic carboxylic acids is 1. The van der Waals surface area contributed by atoms with E-state index in [1.165, 1.54) is 4.90 Å². The van der Waals surface area contributed by atoms with Gasteiger partial charge in [0.25, 0.3) is 0 Å². The molecule has 1 fully saturated rings. The number of hydrogen-bond acceptors (Lipinski definition) is 3. The second kappa shape index (κ2) is 4.95. The van der Waals surface area contributed by atoms with Gasteiger partial charge in [-0.2, -0.15) is 0 Å². The number of carbonyl (C=O) groups excluding carboxylic acids is 1. The molecule has 2 amide bonds. The van der Waals surface area contributed by atoms with Crippen molar-refractivity contribution in [2.24, 2.45) is 0 Å². The molecule has 0 radical (unpaired) electrons. The first-order chi connectivity index (χ1) is 8.93. The van der Waals surface area contributed by atoms with E-state index in [0.717, 1.165) is 12.2 Å². The Bertz CT molecular complexity index is 491. The van der Waals surface area contributed by atoms with Crippen molar-refractivity contribution in [3.05, 3.63) is 23.7 Å². The number of rotatable bonds is 4. The molecule has 0 spiro atoms. The second-order valence-electron chi connectivity index (χ2n) is 5.04. The number of nitrogens with zero attached hydrogens (tertiary/aromatic N) is 1. The molecule has 2 N–H and O–H groups in total. The van der Waals surface area contributed by atoms with Gasteiger partial charge in [-0.3, -0.25) is 0 Å². The van der Waals surface area contributed by atoms with E-state index in [9.17, 15) is 9.59 Å². The Balaban J connectivity index is 1.94. The summed E-state index contributed by atoms with van der Waals surface area (Å²) in [6.07, 6.45) is 1.80. The first-order valence-corrected chi connectivity index (χ1v) is 6.25. The molecule has 0 atom stereocenters. The predicted molar refractivity (Wildman–Crippen MR) is 67.7 cm³/mol. The van der Waals surface area contributed by atoms with Crippen molar-refractivity contribution in [2.45, 2.75) is 38.3 Å². The van der Waals surface area contributed by atoms with E-state index in [-0.39, 0.29) is 0 Å². The summed E-state index contributed by atoms with van der Waals surface area (Å²) in [5.41, 5.74) is -1.08. The van der Waals surface area contributed by atoms with Gasteiger partial charge in [-0.15, -0.1) is 0 Å². The molecule has 0 aliphatic heterocycles. The molecular weight excluding hydrogens is 248 g/mol. The van der Waals surface area contributed by atoms with Crippen molar-refractivity contribution < 1.29 is 19.1 Å². The predicted octanol–water partition coefficient (Wildman–Crippen LogP) is 1.74. The van der Waals surface area contributed by atoms with Crippen LogP contribution in [-0.4, -0.2) is 34.6 Å². The van der Waals surface area contributed by atoms with Crippen LogP contribution in [0.5, 0.6) is 0 Å². The maximum absolute atomic E-state index is 12.0. The van der Waals surface area contributed by atoms with E-state index in [2.05, 4.69) is 5.32 Å². The highest BCUT2D eigenvalue weighted by Gasteiger charge is 2.46. The van der Waals surface area contributed by atoms with Crippen LogP contribution in [0.15, 0.2) is 16.5 Å².